The summed E-state index contributed by atoms with van der Waals surface area (Å²) in [4.78, 5) is 13.1. The van der Waals surface area contributed by atoms with Crippen LogP contribution in [0.15, 0.2) is 24.3 Å². The third kappa shape index (κ3) is 3.47. The molecule has 1 amide bonds. The Hall–Kier alpha value is -1.55. The molecular formula is C14H20N2O2. The molecule has 0 spiro atoms. The monoisotopic (exact) mass is 248 g/mol. The zero-order valence-electron chi connectivity index (χ0n) is 10.7. The first-order valence-electron chi connectivity index (χ1n) is 6.42. The van der Waals surface area contributed by atoms with Gasteiger partial charge < -0.3 is 15.3 Å². The summed E-state index contributed by atoms with van der Waals surface area (Å²) in [5.74, 6) is 0.474. The number of nitrogens with one attached hydrogen (secondary N) is 1. The second kappa shape index (κ2) is 5.87. The van der Waals surface area contributed by atoms with E-state index < -0.39 is 0 Å². The Kier molecular flexibility index (Phi) is 4.20. The zero-order chi connectivity index (χ0) is 13.0. The molecule has 2 rings (SSSR count). The lowest BCUT2D eigenvalue weighted by atomic mass is 10.0. The molecule has 2 N–H and O–H groups in total. The van der Waals surface area contributed by atoms with Gasteiger partial charge in [0, 0.05) is 32.6 Å². The number of nitrogens with zero attached hydrogens (tertiary/aromatic N) is 1. The van der Waals surface area contributed by atoms with Crippen molar-refractivity contribution in [3.63, 3.8) is 0 Å². The third-order valence-electron chi connectivity index (χ3n) is 3.45. The smallest absolute Gasteiger partial charge is 0.219 e. The van der Waals surface area contributed by atoms with Crippen LogP contribution in [0.3, 0.4) is 0 Å². The maximum atomic E-state index is 11.2. The molecule has 1 aromatic carbocycles. The van der Waals surface area contributed by atoms with Gasteiger partial charge in [-0.3, -0.25) is 4.79 Å². The number of likely N-dealkylation sites (tertiary alicyclic amines) is 1. The average molecular weight is 248 g/mol. The Morgan fingerprint density at radius 2 is 2.17 bits per heavy atom. The molecule has 0 aliphatic carbocycles. The lowest BCUT2D eigenvalue weighted by molar-refractivity contribution is -0.129. The maximum absolute atomic E-state index is 11.2. The van der Waals surface area contributed by atoms with Gasteiger partial charge in [0.05, 0.1) is 0 Å². The number of amides is 1. The molecule has 1 heterocycles. The van der Waals surface area contributed by atoms with Crippen LogP contribution in [-0.2, 0) is 11.3 Å². The fourth-order valence-corrected chi connectivity index (χ4v) is 2.33. The summed E-state index contributed by atoms with van der Waals surface area (Å²) < 4.78 is 0. The van der Waals surface area contributed by atoms with Crippen LogP contribution in [0.5, 0.6) is 5.75 Å². The summed E-state index contributed by atoms with van der Waals surface area (Å²) in [6, 6.07) is 7.76. The highest BCUT2D eigenvalue weighted by Gasteiger charge is 2.19. The topological polar surface area (TPSA) is 52.6 Å². The van der Waals surface area contributed by atoms with Crippen LogP contribution in [0.1, 0.15) is 25.3 Å². The van der Waals surface area contributed by atoms with Gasteiger partial charge in [0.15, 0.2) is 0 Å². The number of phenols is 1. The number of hydrogen-bond acceptors (Lipinski definition) is 3. The number of benzene rings is 1. The van der Waals surface area contributed by atoms with E-state index in [2.05, 4.69) is 5.32 Å². The Morgan fingerprint density at radius 1 is 1.44 bits per heavy atom. The molecule has 0 aromatic heterocycles. The summed E-state index contributed by atoms with van der Waals surface area (Å²) in [6.07, 6.45) is 2.00. The van der Waals surface area contributed by atoms with Gasteiger partial charge >= 0.3 is 0 Å². The summed E-state index contributed by atoms with van der Waals surface area (Å²) in [5, 5.41) is 12.8. The first kappa shape index (κ1) is 12.9. The molecule has 1 aliphatic rings. The van der Waals surface area contributed by atoms with Crippen LogP contribution in [0.4, 0.5) is 0 Å². The number of piperidine rings is 1. The highest BCUT2D eigenvalue weighted by molar-refractivity contribution is 5.73. The van der Waals surface area contributed by atoms with Crippen molar-refractivity contribution in [3.8, 4) is 5.75 Å². The number of carbonyl (C=O) groups excluding carboxylic acids is 1. The van der Waals surface area contributed by atoms with Gasteiger partial charge in [-0.1, -0.05) is 12.1 Å². The number of phenolic OH excluding ortho intramolecular Hbond substituents is 1. The van der Waals surface area contributed by atoms with Crippen molar-refractivity contribution in [1.82, 2.24) is 10.2 Å². The Balaban J connectivity index is 1.77. The quantitative estimate of drug-likeness (QED) is 0.852. The number of carbonyl (C=O) groups is 1. The number of hydrogen-bond donors (Lipinski definition) is 2. The Morgan fingerprint density at radius 3 is 2.78 bits per heavy atom. The minimum absolute atomic E-state index is 0.168. The highest BCUT2D eigenvalue weighted by Crippen LogP contribution is 2.13. The van der Waals surface area contributed by atoms with Crippen molar-refractivity contribution in [2.45, 2.75) is 32.4 Å². The molecule has 1 fully saturated rings. The second-order valence-electron chi connectivity index (χ2n) is 4.83. The largest absolute Gasteiger partial charge is 0.508 e. The van der Waals surface area contributed by atoms with E-state index in [4.69, 9.17) is 0 Å². The molecule has 0 bridgehead atoms. The van der Waals surface area contributed by atoms with E-state index in [0.29, 0.717) is 11.8 Å². The predicted octanol–water partition coefficient (Wildman–Crippen LogP) is 1.49. The Labute approximate surface area is 108 Å². The summed E-state index contributed by atoms with van der Waals surface area (Å²) in [5.41, 5.74) is 1.09. The summed E-state index contributed by atoms with van der Waals surface area (Å²) >= 11 is 0. The van der Waals surface area contributed by atoms with E-state index in [1.807, 2.05) is 17.0 Å². The van der Waals surface area contributed by atoms with Crippen molar-refractivity contribution in [3.05, 3.63) is 29.8 Å². The van der Waals surface area contributed by atoms with Crippen molar-refractivity contribution in [2.75, 3.05) is 13.1 Å². The highest BCUT2D eigenvalue weighted by atomic mass is 16.3. The molecule has 18 heavy (non-hydrogen) atoms. The average Bonchev–Trinajstić information content (AvgIpc) is 2.37. The number of aromatic hydroxyl groups is 1. The van der Waals surface area contributed by atoms with E-state index in [0.717, 1.165) is 38.0 Å². The van der Waals surface area contributed by atoms with Crippen LogP contribution in [0.2, 0.25) is 0 Å². The lowest BCUT2D eigenvalue weighted by Crippen LogP contribution is -2.43. The van der Waals surface area contributed by atoms with Gasteiger partial charge in [-0.15, -0.1) is 0 Å². The first-order valence-corrected chi connectivity index (χ1v) is 6.42. The van der Waals surface area contributed by atoms with Crippen LogP contribution >= 0.6 is 0 Å². The minimum Gasteiger partial charge on any atom is -0.508 e. The van der Waals surface area contributed by atoms with Crippen LogP contribution in [-0.4, -0.2) is 35.0 Å². The zero-order valence-corrected chi connectivity index (χ0v) is 10.7. The molecule has 0 radical (unpaired) electrons. The minimum atomic E-state index is 0.168. The SMILES string of the molecule is CC(=O)N1CCC(NCc2cccc(O)c2)CC1. The molecule has 0 atom stereocenters. The molecule has 4 nitrogen and oxygen atoms in total. The summed E-state index contributed by atoms with van der Waals surface area (Å²) in [7, 11) is 0. The van der Waals surface area contributed by atoms with E-state index in [9.17, 15) is 9.90 Å². The molecule has 1 aliphatic heterocycles. The van der Waals surface area contributed by atoms with Crippen molar-refractivity contribution >= 4 is 5.91 Å². The molecule has 0 unspecified atom stereocenters. The Bertz CT molecular complexity index is 412. The van der Waals surface area contributed by atoms with Gasteiger partial charge in [-0.2, -0.15) is 0 Å². The van der Waals surface area contributed by atoms with Crippen molar-refractivity contribution in [2.24, 2.45) is 0 Å². The molecule has 98 valence electrons. The van der Waals surface area contributed by atoms with Crippen LogP contribution in [0, 0.1) is 0 Å². The predicted molar refractivity (Wildman–Crippen MR) is 70.2 cm³/mol. The van der Waals surface area contributed by atoms with Crippen molar-refractivity contribution in [1.29, 1.82) is 0 Å². The first-order chi connectivity index (χ1) is 8.65. The van der Waals surface area contributed by atoms with Gasteiger partial charge in [0.25, 0.3) is 0 Å². The standard InChI is InChI=1S/C14H20N2O2/c1-11(17)16-7-5-13(6-8-16)15-10-12-3-2-4-14(18)9-12/h2-4,9,13,15,18H,5-8,10H2,1H3. The van der Waals surface area contributed by atoms with E-state index >= 15 is 0 Å². The fourth-order valence-electron chi connectivity index (χ4n) is 2.33. The van der Waals surface area contributed by atoms with Crippen LogP contribution < -0.4 is 5.32 Å². The molecule has 1 saturated heterocycles. The van der Waals surface area contributed by atoms with Gasteiger partial charge in [0.1, 0.15) is 5.75 Å². The molecule has 1 aromatic rings. The number of rotatable bonds is 3. The van der Waals surface area contributed by atoms with Gasteiger partial charge in [-0.05, 0) is 30.5 Å². The molecule has 4 heteroatoms. The second-order valence-corrected chi connectivity index (χ2v) is 4.83. The van der Waals surface area contributed by atoms with E-state index in [1.165, 1.54) is 0 Å². The molecular weight excluding hydrogens is 228 g/mol. The van der Waals surface area contributed by atoms with E-state index in [-0.39, 0.29) is 5.91 Å². The molecule has 0 saturated carbocycles. The van der Waals surface area contributed by atoms with Crippen LogP contribution in [0.25, 0.3) is 0 Å². The lowest BCUT2D eigenvalue weighted by Gasteiger charge is -2.31. The van der Waals surface area contributed by atoms with Gasteiger partial charge in [-0.25, -0.2) is 0 Å². The van der Waals surface area contributed by atoms with Gasteiger partial charge in [0.2, 0.25) is 5.91 Å². The summed E-state index contributed by atoms with van der Waals surface area (Å²) in [6.45, 7) is 4.07. The fraction of sp³-hybridized carbons (Fsp3) is 0.500. The van der Waals surface area contributed by atoms with E-state index in [1.54, 1.807) is 19.1 Å². The third-order valence-corrected chi connectivity index (χ3v) is 3.45. The van der Waals surface area contributed by atoms with Crippen molar-refractivity contribution < 1.29 is 9.90 Å². The normalized spacial score (nSPS) is 16.8. The maximum Gasteiger partial charge on any atom is 0.219 e.